The van der Waals surface area contributed by atoms with Crippen molar-refractivity contribution in [2.45, 2.75) is 0 Å². The van der Waals surface area contributed by atoms with Crippen LogP contribution in [-0.4, -0.2) is 57.3 Å². The second-order valence-electron chi connectivity index (χ2n) is 3.91. The maximum absolute atomic E-state index is 11.8. The van der Waals surface area contributed by atoms with Crippen molar-refractivity contribution in [3.8, 4) is 0 Å². The first-order valence-corrected chi connectivity index (χ1v) is 6.20. The molecule has 0 spiro atoms. The Kier molecular flexibility index (Phi) is 7.23. The van der Waals surface area contributed by atoms with Crippen LogP contribution >= 0.6 is 0 Å². The Labute approximate surface area is 117 Å². The van der Waals surface area contributed by atoms with Crippen molar-refractivity contribution in [2.75, 3.05) is 40.5 Å². The van der Waals surface area contributed by atoms with E-state index in [0.717, 1.165) is 0 Å². The molecule has 0 unspecified atom stereocenters. The average Bonchev–Trinajstić information content (AvgIpc) is 2.47. The first-order chi connectivity index (χ1) is 9.69. The molecule has 0 saturated heterocycles. The van der Waals surface area contributed by atoms with Crippen LogP contribution in [-0.2, 0) is 9.47 Å². The van der Waals surface area contributed by atoms with Crippen LogP contribution in [0.15, 0.2) is 18.2 Å². The first kappa shape index (κ1) is 16.1. The maximum atomic E-state index is 11.8. The molecule has 1 heterocycles. The molecule has 7 nitrogen and oxygen atoms in total. The molecule has 1 aromatic rings. The van der Waals surface area contributed by atoms with Crippen LogP contribution in [0.2, 0.25) is 0 Å². The van der Waals surface area contributed by atoms with Crippen molar-refractivity contribution >= 4 is 11.8 Å². The van der Waals surface area contributed by atoms with E-state index in [1.165, 1.54) is 0 Å². The molecule has 0 aliphatic rings. The summed E-state index contributed by atoms with van der Waals surface area (Å²) < 4.78 is 9.67. The van der Waals surface area contributed by atoms with Crippen LogP contribution in [0.25, 0.3) is 0 Å². The molecule has 0 aromatic carbocycles. The Hall–Kier alpha value is -1.99. The standard InChI is InChI=1S/C13H19N3O4/c1-19-8-6-14-12(17)10-4-3-5-11(16-10)13(18)15-7-9-20-2/h3-5H,6-9H2,1-2H3,(H,14,17)(H,15,18). The summed E-state index contributed by atoms with van der Waals surface area (Å²) in [5.74, 6) is -0.679. The Morgan fingerprint density at radius 1 is 1.00 bits per heavy atom. The third-order valence-electron chi connectivity index (χ3n) is 2.40. The van der Waals surface area contributed by atoms with Gasteiger partial charge in [-0.15, -0.1) is 0 Å². The summed E-state index contributed by atoms with van der Waals surface area (Å²) in [6.45, 7) is 1.62. The van der Waals surface area contributed by atoms with Gasteiger partial charge in [0.2, 0.25) is 0 Å². The lowest BCUT2D eigenvalue weighted by atomic mass is 10.2. The predicted molar refractivity (Wildman–Crippen MR) is 72.7 cm³/mol. The fraction of sp³-hybridized carbons (Fsp3) is 0.462. The minimum atomic E-state index is -0.339. The highest BCUT2D eigenvalue weighted by Crippen LogP contribution is 1.99. The lowest BCUT2D eigenvalue weighted by molar-refractivity contribution is 0.0927. The minimum Gasteiger partial charge on any atom is -0.383 e. The molecule has 0 radical (unpaired) electrons. The van der Waals surface area contributed by atoms with Gasteiger partial charge in [-0.05, 0) is 12.1 Å². The maximum Gasteiger partial charge on any atom is 0.269 e. The SMILES string of the molecule is COCCNC(=O)c1cccc(C(=O)NCCOC)n1. The summed E-state index contributed by atoms with van der Waals surface area (Å²) in [7, 11) is 3.10. The number of methoxy groups -OCH3 is 2. The Bertz CT molecular complexity index is 414. The number of hydrogen-bond donors (Lipinski definition) is 2. The molecule has 0 bridgehead atoms. The molecular formula is C13H19N3O4. The molecule has 2 amide bonds. The lowest BCUT2D eigenvalue weighted by Crippen LogP contribution is -2.30. The van der Waals surface area contributed by atoms with Gasteiger partial charge in [0.25, 0.3) is 11.8 Å². The number of pyridine rings is 1. The smallest absolute Gasteiger partial charge is 0.269 e. The van der Waals surface area contributed by atoms with Gasteiger partial charge in [0.05, 0.1) is 13.2 Å². The molecule has 0 aliphatic heterocycles. The normalized spacial score (nSPS) is 10.1. The van der Waals surface area contributed by atoms with Gasteiger partial charge in [0, 0.05) is 27.3 Å². The Morgan fingerprint density at radius 2 is 1.45 bits per heavy atom. The number of rotatable bonds is 8. The second kappa shape index (κ2) is 9.00. The molecule has 0 fully saturated rings. The minimum absolute atomic E-state index is 0.195. The summed E-state index contributed by atoms with van der Waals surface area (Å²) in [6, 6.07) is 4.71. The highest BCUT2D eigenvalue weighted by Gasteiger charge is 2.11. The van der Waals surface area contributed by atoms with E-state index in [-0.39, 0.29) is 23.2 Å². The van der Waals surface area contributed by atoms with Gasteiger partial charge in [-0.1, -0.05) is 6.07 Å². The zero-order valence-corrected chi connectivity index (χ0v) is 11.6. The fourth-order valence-corrected chi connectivity index (χ4v) is 1.40. The average molecular weight is 281 g/mol. The monoisotopic (exact) mass is 281 g/mol. The largest absolute Gasteiger partial charge is 0.383 e. The van der Waals surface area contributed by atoms with Crippen molar-refractivity contribution in [2.24, 2.45) is 0 Å². The van der Waals surface area contributed by atoms with E-state index in [2.05, 4.69) is 15.6 Å². The zero-order valence-electron chi connectivity index (χ0n) is 11.6. The van der Waals surface area contributed by atoms with Crippen LogP contribution in [0.1, 0.15) is 21.0 Å². The van der Waals surface area contributed by atoms with E-state index < -0.39 is 0 Å². The van der Waals surface area contributed by atoms with E-state index in [0.29, 0.717) is 26.3 Å². The summed E-state index contributed by atoms with van der Waals surface area (Å²) in [5.41, 5.74) is 0.390. The van der Waals surface area contributed by atoms with E-state index in [9.17, 15) is 9.59 Å². The summed E-state index contributed by atoms with van der Waals surface area (Å²) >= 11 is 0. The molecular weight excluding hydrogens is 262 g/mol. The highest BCUT2D eigenvalue weighted by atomic mass is 16.5. The van der Waals surface area contributed by atoms with E-state index in [4.69, 9.17) is 9.47 Å². The Balaban J connectivity index is 2.60. The van der Waals surface area contributed by atoms with Gasteiger partial charge in [0.1, 0.15) is 11.4 Å². The van der Waals surface area contributed by atoms with Crippen molar-refractivity contribution in [1.29, 1.82) is 0 Å². The van der Waals surface area contributed by atoms with Gasteiger partial charge in [-0.3, -0.25) is 9.59 Å². The third-order valence-corrected chi connectivity index (χ3v) is 2.40. The molecule has 0 aliphatic carbocycles. The number of carbonyl (C=O) groups is 2. The van der Waals surface area contributed by atoms with Crippen LogP contribution in [0.3, 0.4) is 0 Å². The summed E-state index contributed by atoms with van der Waals surface area (Å²) in [6.07, 6.45) is 0. The van der Waals surface area contributed by atoms with Crippen LogP contribution < -0.4 is 10.6 Å². The van der Waals surface area contributed by atoms with Crippen molar-refractivity contribution < 1.29 is 19.1 Å². The Morgan fingerprint density at radius 3 is 1.85 bits per heavy atom. The van der Waals surface area contributed by atoms with Crippen LogP contribution in [0, 0.1) is 0 Å². The number of ether oxygens (including phenoxy) is 2. The number of amides is 2. The van der Waals surface area contributed by atoms with Gasteiger partial charge in [-0.2, -0.15) is 0 Å². The first-order valence-electron chi connectivity index (χ1n) is 6.20. The predicted octanol–water partition coefficient (Wildman–Crippen LogP) is -0.166. The zero-order chi connectivity index (χ0) is 14.8. The number of nitrogens with zero attached hydrogens (tertiary/aromatic N) is 1. The van der Waals surface area contributed by atoms with E-state index >= 15 is 0 Å². The quantitative estimate of drug-likeness (QED) is 0.646. The molecule has 1 rings (SSSR count). The number of nitrogens with one attached hydrogen (secondary N) is 2. The van der Waals surface area contributed by atoms with Gasteiger partial charge < -0.3 is 20.1 Å². The highest BCUT2D eigenvalue weighted by molar-refractivity contribution is 5.96. The van der Waals surface area contributed by atoms with Gasteiger partial charge >= 0.3 is 0 Å². The number of hydrogen-bond acceptors (Lipinski definition) is 5. The van der Waals surface area contributed by atoms with Crippen LogP contribution in [0.4, 0.5) is 0 Å². The molecule has 0 saturated carbocycles. The van der Waals surface area contributed by atoms with E-state index in [1.807, 2.05) is 0 Å². The van der Waals surface area contributed by atoms with Crippen molar-refractivity contribution in [3.05, 3.63) is 29.6 Å². The molecule has 0 atom stereocenters. The van der Waals surface area contributed by atoms with Crippen LogP contribution in [0.5, 0.6) is 0 Å². The number of carbonyl (C=O) groups excluding carboxylic acids is 2. The molecule has 7 heteroatoms. The fourth-order valence-electron chi connectivity index (χ4n) is 1.40. The van der Waals surface area contributed by atoms with Crippen molar-refractivity contribution in [3.63, 3.8) is 0 Å². The topological polar surface area (TPSA) is 89.5 Å². The second-order valence-corrected chi connectivity index (χ2v) is 3.91. The summed E-state index contributed by atoms with van der Waals surface area (Å²) in [5, 5.41) is 5.28. The lowest BCUT2D eigenvalue weighted by Gasteiger charge is -2.06. The number of aromatic nitrogens is 1. The molecule has 110 valence electrons. The third kappa shape index (κ3) is 5.33. The van der Waals surface area contributed by atoms with Gasteiger partial charge in [0.15, 0.2) is 0 Å². The summed E-state index contributed by atoms with van der Waals surface area (Å²) in [4.78, 5) is 27.6. The molecule has 1 aromatic heterocycles. The van der Waals surface area contributed by atoms with Gasteiger partial charge in [-0.25, -0.2) is 4.98 Å². The molecule has 2 N–H and O–H groups in total. The van der Waals surface area contributed by atoms with E-state index in [1.54, 1.807) is 32.4 Å². The molecule has 20 heavy (non-hydrogen) atoms. The van der Waals surface area contributed by atoms with Crippen molar-refractivity contribution in [1.82, 2.24) is 15.6 Å².